The first kappa shape index (κ1) is 21.3. The van der Waals surface area contributed by atoms with E-state index in [-0.39, 0.29) is 12.0 Å². The van der Waals surface area contributed by atoms with Gasteiger partial charge in [0.25, 0.3) is 5.91 Å². The lowest BCUT2D eigenvalue weighted by Gasteiger charge is -2.20. The SMILES string of the molecule is C=CCN(Cc1cccc(C#N)c1)C(=O)c1csc(-c2ccc(OC(C)C)cc2)n1. The minimum Gasteiger partial charge on any atom is -0.491 e. The molecule has 1 aromatic heterocycles. The Morgan fingerprint density at radius 1 is 1.30 bits per heavy atom. The molecule has 3 aromatic rings. The fourth-order valence-corrected chi connectivity index (χ4v) is 3.75. The number of thiazole rings is 1. The predicted octanol–water partition coefficient (Wildman–Crippen LogP) is 5.30. The molecule has 152 valence electrons. The first-order valence-electron chi connectivity index (χ1n) is 9.62. The second kappa shape index (κ2) is 9.86. The lowest BCUT2D eigenvalue weighted by Crippen LogP contribution is -2.31. The maximum atomic E-state index is 13.1. The third-order valence-corrected chi connectivity index (χ3v) is 5.15. The van der Waals surface area contributed by atoms with Gasteiger partial charge in [-0.25, -0.2) is 4.98 Å². The van der Waals surface area contributed by atoms with Crippen LogP contribution in [0.4, 0.5) is 0 Å². The summed E-state index contributed by atoms with van der Waals surface area (Å²) >= 11 is 1.43. The molecule has 0 N–H and O–H groups in total. The Hall–Kier alpha value is -3.43. The number of benzene rings is 2. The number of nitriles is 1. The van der Waals surface area contributed by atoms with Crippen LogP contribution in [-0.4, -0.2) is 28.4 Å². The van der Waals surface area contributed by atoms with Crippen molar-refractivity contribution in [1.29, 1.82) is 5.26 Å². The minimum atomic E-state index is -0.167. The molecule has 30 heavy (non-hydrogen) atoms. The van der Waals surface area contributed by atoms with E-state index in [4.69, 9.17) is 10.00 Å². The smallest absolute Gasteiger partial charge is 0.273 e. The molecule has 0 saturated heterocycles. The highest BCUT2D eigenvalue weighted by atomic mass is 32.1. The summed E-state index contributed by atoms with van der Waals surface area (Å²) in [5.74, 6) is 0.637. The molecule has 0 radical (unpaired) electrons. The molecule has 0 aliphatic carbocycles. The van der Waals surface area contributed by atoms with Crippen LogP contribution in [0, 0.1) is 11.3 Å². The summed E-state index contributed by atoms with van der Waals surface area (Å²) in [6, 6.07) is 17.1. The summed E-state index contributed by atoms with van der Waals surface area (Å²) in [6.45, 7) is 8.50. The molecule has 6 heteroatoms. The molecule has 5 nitrogen and oxygen atoms in total. The highest BCUT2D eigenvalue weighted by molar-refractivity contribution is 7.13. The molecule has 0 unspecified atom stereocenters. The van der Waals surface area contributed by atoms with E-state index >= 15 is 0 Å². The quantitative estimate of drug-likeness (QED) is 0.467. The van der Waals surface area contributed by atoms with Crippen LogP contribution < -0.4 is 4.74 Å². The third-order valence-electron chi connectivity index (χ3n) is 4.26. The molecule has 2 aromatic carbocycles. The predicted molar refractivity (Wildman–Crippen MR) is 119 cm³/mol. The minimum absolute atomic E-state index is 0.115. The normalized spacial score (nSPS) is 10.5. The second-order valence-corrected chi connectivity index (χ2v) is 7.87. The van der Waals surface area contributed by atoms with E-state index in [1.54, 1.807) is 28.5 Å². The number of amides is 1. The molecule has 0 bridgehead atoms. The van der Waals surface area contributed by atoms with Crippen LogP contribution >= 0.6 is 11.3 Å². The Morgan fingerprint density at radius 3 is 2.73 bits per heavy atom. The third kappa shape index (κ3) is 5.34. The molecule has 3 rings (SSSR count). The molecular weight excluding hydrogens is 394 g/mol. The van der Waals surface area contributed by atoms with Gasteiger partial charge in [-0.1, -0.05) is 18.2 Å². The second-order valence-electron chi connectivity index (χ2n) is 7.02. The van der Waals surface area contributed by atoms with Gasteiger partial charge in [0.15, 0.2) is 0 Å². The zero-order chi connectivity index (χ0) is 21.5. The van der Waals surface area contributed by atoms with Crippen molar-refractivity contribution >= 4 is 17.2 Å². The van der Waals surface area contributed by atoms with E-state index in [0.717, 1.165) is 21.9 Å². The van der Waals surface area contributed by atoms with Crippen LogP contribution in [0.25, 0.3) is 10.6 Å². The zero-order valence-electron chi connectivity index (χ0n) is 17.0. The van der Waals surface area contributed by atoms with E-state index in [9.17, 15) is 4.79 Å². The van der Waals surface area contributed by atoms with Gasteiger partial charge in [-0.15, -0.1) is 17.9 Å². The molecule has 1 heterocycles. The first-order valence-corrected chi connectivity index (χ1v) is 10.5. The number of ether oxygens (including phenoxy) is 1. The number of nitrogens with zero attached hydrogens (tertiary/aromatic N) is 3. The Bertz CT molecular complexity index is 1060. The Kier molecular flexibility index (Phi) is 6.99. The topological polar surface area (TPSA) is 66.2 Å². The van der Waals surface area contributed by atoms with Gasteiger partial charge in [-0.2, -0.15) is 5.26 Å². The highest BCUT2D eigenvalue weighted by Crippen LogP contribution is 2.27. The number of hydrogen-bond donors (Lipinski definition) is 0. The molecule has 0 spiro atoms. The largest absolute Gasteiger partial charge is 0.491 e. The fraction of sp³-hybridized carbons (Fsp3) is 0.208. The van der Waals surface area contributed by atoms with Crippen molar-refractivity contribution in [3.8, 4) is 22.4 Å². The maximum absolute atomic E-state index is 13.1. The number of carbonyl (C=O) groups is 1. The lowest BCUT2D eigenvalue weighted by atomic mass is 10.1. The standard InChI is InChI=1S/C24H23N3O2S/c1-4-12-27(15-19-7-5-6-18(13-19)14-25)24(28)22-16-30-23(26-22)20-8-10-21(11-9-20)29-17(2)3/h4-11,13,16-17H,1,12,15H2,2-3H3. The van der Waals surface area contributed by atoms with Crippen LogP contribution in [0.5, 0.6) is 5.75 Å². The molecule has 0 saturated carbocycles. The van der Waals surface area contributed by atoms with Crippen LogP contribution in [0.1, 0.15) is 35.5 Å². The van der Waals surface area contributed by atoms with Crippen molar-refractivity contribution in [3.05, 3.63) is 83.4 Å². The summed E-state index contributed by atoms with van der Waals surface area (Å²) in [7, 11) is 0. The zero-order valence-corrected chi connectivity index (χ0v) is 17.9. The number of hydrogen-bond acceptors (Lipinski definition) is 5. The number of carbonyl (C=O) groups excluding carboxylic acids is 1. The van der Waals surface area contributed by atoms with E-state index in [0.29, 0.717) is 24.3 Å². The molecule has 0 fully saturated rings. The van der Waals surface area contributed by atoms with Crippen molar-refractivity contribution in [2.45, 2.75) is 26.5 Å². The molecule has 0 aliphatic heterocycles. The molecule has 1 amide bonds. The fourth-order valence-electron chi connectivity index (χ4n) is 2.95. The van der Waals surface area contributed by atoms with Gasteiger partial charge in [0.2, 0.25) is 0 Å². The molecular formula is C24H23N3O2S. The maximum Gasteiger partial charge on any atom is 0.273 e. The van der Waals surface area contributed by atoms with Gasteiger partial charge in [0.05, 0.1) is 17.7 Å². The average molecular weight is 418 g/mol. The van der Waals surface area contributed by atoms with E-state index in [1.165, 1.54) is 11.3 Å². The summed E-state index contributed by atoms with van der Waals surface area (Å²) in [5, 5.41) is 11.6. The lowest BCUT2D eigenvalue weighted by molar-refractivity contribution is 0.0757. The molecule has 0 aliphatic rings. The van der Waals surface area contributed by atoms with Crippen LogP contribution in [0.3, 0.4) is 0 Å². The van der Waals surface area contributed by atoms with E-state index in [2.05, 4.69) is 17.6 Å². The Labute approximate surface area is 180 Å². The summed E-state index contributed by atoms with van der Waals surface area (Å²) in [4.78, 5) is 19.3. The van der Waals surface area contributed by atoms with Gasteiger partial charge in [0, 0.05) is 24.0 Å². The van der Waals surface area contributed by atoms with E-state index < -0.39 is 0 Å². The summed E-state index contributed by atoms with van der Waals surface area (Å²) in [6.07, 6.45) is 1.80. The van der Waals surface area contributed by atoms with Crippen molar-refractivity contribution < 1.29 is 9.53 Å². The monoisotopic (exact) mass is 417 g/mol. The summed E-state index contributed by atoms with van der Waals surface area (Å²) < 4.78 is 5.67. The van der Waals surface area contributed by atoms with Gasteiger partial charge in [-0.3, -0.25) is 4.79 Å². The van der Waals surface area contributed by atoms with Gasteiger partial charge < -0.3 is 9.64 Å². The van der Waals surface area contributed by atoms with Crippen molar-refractivity contribution in [2.75, 3.05) is 6.54 Å². The average Bonchev–Trinajstić information content (AvgIpc) is 3.23. The molecule has 0 atom stereocenters. The summed E-state index contributed by atoms with van der Waals surface area (Å²) in [5.41, 5.74) is 2.79. The van der Waals surface area contributed by atoms with E-state index in [1.807, 2.05) is 50.2 Å². The van der Waals surface area contributed by atoms with Crippen LogP contribution in [0.2, 0.25) is 0 Å². The first-order chi connectivity index (χ1) is 14.5. The van der Waals surface area contributed by atoms with Gasteiger partial charge in [0.1, 0.15) is 16.5 Å². The van der Waals surface area contributed by atoms with Crippen LogP contribution in [-0.2, 0) is 6.54 Å². The van der Waals surface area contributed by atoms with Gasteiger partial charge in [-0.05, 0) is 55.8 Å². The van der Waals surface area contributed by atoms with Gasteiger partial charge >= 0.3 is 0 Å². The van der Waals surface area contributed by atoms with Crippen molar-refractivity contribution in [1.82, 2.24) is 9.88 Å². The van der Waals surface area contributed by atoms with Crippen LogP contribution in [0.15, 0.2) is 66.6 Å². The van der Waals surface area contributed by atoms with Crippen molar-refractivity contribution in [2.24, 2.45) is 0 Å². The number of aromatic nitrogens is 1. The highest BCUT2D eigenvalue weighted by Gasteiger charge is 2.19. The Morgan fingerprint density at radius 2 is 2.07 bits per heavy atom. The van der Waals surface area contributed by atoms with Crippen molar-refractivity contribution in [3.63, 3.8) is 0 Å². The number of rotatable bonds is 8. The Balaban J connectivity index is 1.77.